The lowest BCUT2D eigenvalue weighted by molar-refractivity contribution is 0.389. The molecular formula is C16H17F2N3OS. The Labute approximate surface area is 137 Å². The van der Waals surface area contributed by atoms with Crippen LogP contribution in [0.15, 0.2) is 27.7 Å². The van der Waals surface area contributed by atoms with Gasteiger partial charge in [0.05, 0.1) is 11.2 Å². The zero-order valence-corrected chi connectivity index (χ0v) is 13.9. The van der Waals surface area contributed by atoms with Gasteiger partial charge >= 0.3 is 0 Å². The van der Waals surface area contributed by atoms with Gasteiger partial charge in [0.1, 0.15) is 17.4 Å². The second-order valence-electron chi connectivity index (χ2n) is 5.90. The van der Waals surface area contributed by atoms with Crippen LogP contribution in [-0.4, -0.2) is 10.3 Å². The number of hydrogen-bond acceptors (Lipinski definition) is 5. The molecule has 2 atom stereocenters. The van der Waals surface area contributed by atoms with Crippen molar-refractivity contribution in [3.63, 3.8) is 0 Å². The van der Waals surface area contributed by atoms with Gasteiger partial charge in [-0.25, -0.2) is 8.78 Å². The quantitative estimate of drug-likeness (QED) is 0.900. The van der Waals surface area contributed by atoms with Crippen LogP contribution in [-0.2, 0) is 5.54 Å². The molecule has 2 heterocycles. The van der Waals surface area contributed by atoms with Gasteiger partial charge in [-0.05, 0) is 33.3 Å². The van der Waals surface area contributed by atoms with E-state index in [0.717, 1.165) is 23.1 Å². The Morgan fingerprint density at radius 1 is 1.35 bits per heavy atom. The van der Waals surface area contributed by atoms with E-state index in [1.807, 2.05) is 13.8 Å². The van der Waals surface area contributed by atoms with Crippen molar-refractivity contribution < 1.29 is 13.3 Å². The van der Waals surface area contributed by atoms with E-state index in [1.54, 1.807) is 6.92 Å². The van der Waals surface area contributed by atoms with Crippen LogP contribution in [0.25, 0.3) is 0 Å². The first kappa shape index (κ1) is 16.0. The maximum absolute atomic E-state index is 14.2. The van der Waals surface area contributed by atoms with Gasteiger partial charge < -0.3 is 10.3 Å². The molecule has 3 rings (SSSR count). The van der Waals surface area contributed by atoms with E-state index in [2.05, 4.69) is 10.1 Å². The minimum atomic E-state index is -0.867. The lowest BCUT2D eigenvalue weighted by Gasteiger charge is -2.34. The molecule has 7 heteroatoms. The Bertz CT molecular complexity index is 770. The molecule has 0 aliphatic carbocycles. The van der Waals surface area contributed by atoms with E-state index < -0.39 is 17.2 Å². The van der Waals surface area contributed by atoms with Crippen LogP contribution in [0, 0.1) is 25.5 Å². The van der Waals surface area contributed by atoms with Crippen LogP contribution in [0.3, 0.4) is 0 Å². The van der Waals surface area contributed by atoms with E-state index in [-0.39, 0.29) is 5.25 Å². The number of aryl methyl sites for hydroxylation is 2. The van der Waals surface area contributed by atoms with Crippen LogP contribution in [0.4, 0.5) is 8.78 Å². The van der Waals surface area contributed by atoms with Crippen molar-refractivity contribution >= 4 is 16.9 Å². The Morgan fingerprint density at radius 2 is 2.09 bits per heavy atom. The minimum absolute atomic E-state index is 0.0480. The summed E-state index contributed by atoms with van der Waals surface area (Å²) in [5, 5.41) is 4.29. The normalized spacial score (nSPS) is 24.6. The highest BCUT2D eigenvalue weighted by Gasteiger charge is 2.39. The fourth-order valence-corrected chi connectivity index (χ4v) is 4.48. The van der Waals surface area contributed by atoms with E-state index >= 15 is 0 Å². The topological polar surface area (TPSA) is 64.4 Å². The molecule has 1 aromatic heterocycles. The summed E-state index contributed by atoms with van der Waals surface area (Å²) in [5.74, 6) is -0.510. The average Bonchev–Trinajstić information content (AvgIpc) is 2.76. The molecule has 0 saturated heterocycles. The molecule has 0 spiro atoms. The number of aromatic nitrogens is 1. The molecule has 2 aromatic rings. The Kier molecular flexibility index (Phi) is 3.91. The largest absolute Gasteiger partial charge is 0.378 e. The van der Waals surface area contributed by atoms with Crippen molar-refractivity contribution in [3.8, 4) is 0 Å². The van der Waals surface area contributed by atoms with Crippen molar-refractivity contribution in [1.82, 2.24) is 5.16 Å². The highest BCUT2D eigenvalue weighted by Crippen LogP contribution is 2.48. The van der Waals surface area contributed by atoms with Crippen LogP contribution in [0.5, 0.6) is 0 Å². The van der Waals surface area contributed by atoms with E-state index in [0.29, 0.717) is 17.2 Å². The second-order valence-corrected chi connectivity index (χ2v) is 7.12. The Morgan fingerprint density at radius 3 is 2.70 bits per heavy atom. The monoisotopic (exact) mass is 337 g/mol. The summed E-state index contributed by atoms with van der Waals surface area (Å²) in [5.41, 5.74) is 7.20. The van der Waals surface area contributed by atoms with Crippen molar-refractivity contribution in [3.05, 3.63) is 52.4 Å². The highest BCUT2D eigenvalue weighted by molar-refractivity contribution is 8.14. The number of amidine groups is 1. The molecule has 0 amide bonds. The number of halogens is 2. The Balaban J connectivity index is 2.04. The van der Waals surface area contributed by atoms with Crippen molar-refractivity contribution in [2.45, 2.75) is 38.0 Å². The van der Waals surface area contributed by atoms with Gasteiger partial charge in [0.15, 0.2) is 5.17 Å². The van der Waals surface area contributed by atoms with E-state index in [1.165, 1.54) is 23.9 Å². The number of benzene rings is 1. The molecule has 2 N–H and O–H groups in total. The summed E-state index contributed by atoms with van der Waals surface area (Å²) in [7, 11) is 0. The fourth-order valence-electron chi connectivity index (χ4n) is 3.07. The SMILES string of the molecule is Cc1noc(C)c1[C@H]1C[C@@](C)(c2ccc(F)cc2F)N=C(N)S1. The maximum atomic E-state index is 14.2. The van der Waals surface area contributed by atoms with Gasteiger partial charge in [0.2, 0.25) is 0 Å². The average molecular weight is 337 g/mol. The van der Waals surface area contributed by atoms with E-state index in [4.69, 9.17) is 10.3 Å². The van der Waals surface area contributed by atoms with Crippen molar-refractivity contribution in [2.24, 2.45) is 10.7 Å². The van der Waals surface area contributed by atoms with Gasteiger partial charge in [-0.2, -0.15) is 0 Å². The predicted octanol–water partition coefficient (Wildman–Crippen LogP) is 3.98. The molecule has 0 fully saturated rings. The van der Waals surface area contributed by atoms with Gasteiger partial charge in [0.25, 0.3) is 0 Å². The van der Waals surface area contributed by atoms with E-state index in [9.17, 15) is 8.78 Å². The molecule has 0 bridgehead atoms. The first-order valence-electron chi connectivity index (χ1n) is 7.20. The number of rotatable bonds is 2. The van der Waals surface area contributed by atoms with Crippen LogP contribution >= 0.6 is 11.8 Å². The third kappa shape index (κ3) is 2.85. The van der Waals surface area contributed by atoms with Crippen molar-refractivity contribution in [1.29, 1.82) is 0 Å². The zero-order valence-electron chi connectivity index (χ0n) is 13.1. The third-order valence-corrected chi connectivity index (χ3v) is 5.14. The smallest absolute Gasteiger partial charge is 0.155 e. The molecular weight excluding hydrogens is 320 g/mol. The van der Waals surface area contributed by atoms with Crippen LogP contribution in [0.1, 0.15) is 41.2 Å². The zero-order chi connectivity index (χ0) is 16.8. The number of thioether (sulfide) groups is 1. The van der Waals surface area contributed by atoms with Gasteiger partial charge in [-0.15, -0.1) is 0 Å². The standard InChI is InChI=1S/C16H17F2N3OS/c1-8-14(9(2)22-21-8)13-7-16(3,20-15(19)23-13)11-5-4-10(17)6-12(11)18/h4-6,13H,7H2,1-3H3,(H2,19,20)/t13-,16+/m1/s1. The molecule has 122 valence electrons. The summed E-state index contributed by atoms with van der Waals surface area (Å²) >= 11 is 1.41. The highest BCUT2D eigenvalue weighted by atomic mass is 32.2. The molecule has 0 radical (unpaired) electrons. The first-order chi connectivity index (χ1) is 10.8. The molecule has 0 saturated carbocycles. The predicted molar refractivity (Wildman–Crippen MR) is 86.3 cm³/mol. The number of nitrogens with zero attached hydrogens (tertiary/aromatic N) is 2. The fraction of sp³-hybridized carbons (Fsp3) is 0.375. The third-order valence-electron chi connectivity index (χ3n) is 4.12. The number of aliphatic imine (C=N–C) groups is 1. The maximum Gasteiger partial charge on any atom is 0.155 e. The first-order valence-corrected chi connectivity index (χ1v) is 8.08. The van der Waals surface area contributed by atoms with Gasteiger partial charge in [0, 0.05) is 22.4 Å². The minimum Gasteiger partial charge on any atom is -0.378 e. The number of hydrogen-bond donors (Lipinski definition) is 1. The van der Waals surface area contributed by atoms with Crippen LogP contribution < -0.4 is 5.73 Å². The van der Waals surface area contributed by atoms with Crippen molar-refractivity contribution in [2.75, 3.05) is 0 Å². The van der Waals surface area contributed by atoms with Gasteiger partial charge in [-0.3, -0.25) is 4.99 Å². The summed E-state index contributed by atoms with van der Waals surface area (Å²) < 4.78 is 32.7. The second kappa shape index (κ2) is 5.63. The summed E-state index contributed by atoms with van der Waals surface area (Å²) in [6.07, 6.45) is 0.518. The van der Waals surface area contributed by atoms with Crippen LogP contribution in [0.2, 0.25) is 0 Å². The van der Waals surface area contributed by atoms with Gasteiger partial charge in [-0.1, -0.05) is 23.0 Å². The molecule has 0 unspecified atom stereocenters. The molecule has 1 aliphatic heterocycles. The Hall–Kier alpha value is -1.89. The number of nitrogens with two attached hydrogens (primary N) is 1. The lowest BCUT2D eigenvalue weighted by atomic mass is 9.85. The molecule has 23 heavy (non-hydrogen) atoms. The summed E-state index contributed by atoms with van der Waals surface area (Å²) in [4.78, 5) is 4.44. The molecule has 1 aromatic carbocycles. The summed E-state index contributed by atoms with van der Waals surface area (Å²) in [6, 6.07) is 3.54. The molecule has 1 aliphatic rings. The summed E-state index contributed by atoms with van der Waals surface area (Å²) in [6.45, 7) is 5.51. The lowest BCUT2D eigenvalue weighted by Crippen LogP contribution is -2.31. The molecule has 4 nitrogen and oxygen atoms in total.